The highest BCUT2D eigenvalue weighted by Gasteiger charge is 2.21. The molecule has 8 heteroatoms. The average Bonchev–Trinajstić information content (AvgIpc) is 2.67. The standard InChI is InChI=1S/C17H25N3O4S/c21-17(20-8-10-24-11-9-20)15-3-5-16(6-4-15)25(22,23)19-13-14-2-1-7-18-12-14/h3-6,14,18-19H,1-2,7-13H2. The summed E-state index contributed by atoms with van der Waals surface area (Å²) in [5, 5.41) is 3.28. The molecule has 0 aromatic heterocycles. The van der Waals surface area contributed by atoms with Gasteiger partial charge in [0.15, 0.2) is 0 Å². The van der Waals surface area contributed by atoms with E-state index >= 15 is 0 Å². The number of ether oxygens (including phenoxy) is 1. The van der Waals surface area contributed by atoms with E-state index in [9.17, 15) is 13.2 Å². The minimum Gasteiger partial charge on any atom is -0.378 e. The van der Waals surface area contributed by atoms with Crippen LogP contribution in [-0.2, 0) is 14.8 Å². The molecule has 1 atom stereocenters. The molecule has 1 aromatic rings. The smallest absolute Gasteiger partial charge is 0.254 e. The highest BCUT2D eigenvalue weighted by Crippen LogP contribution is 2.15. The molecule has 0 radical (unpaired) electrons. The van der Waals surface area contributed by atoms with E-state index in [0.717, 1.165) is 25.9 Å². The van der Waals surface area contributed by atoms with Gasteiger partial charge in [-0.3, -0.25) is 4.79 Å². The van der Waals surface area contributed by atoms with E-state index in [0.29, 0.717) is 44.3 Å². The van der Waals surface area contributed by atoms with Crippen molar-refractivity contribution in [3.8, 4) is 0 Å². The normalized spacial score (nSPS) is 21.9. The molecule has 2 aliphatic heterocycles. The van der Waals surface area contributed by atoms with Gasteiger partial charge < -0.3 is 15.0 Å². The van der Waals surface area contributed by atoms with Crippen LogP contribution in [0.2, 0.25) is 0 Å². The number of morpholine rings is 1. The number of sulfonamides is 1. The Hall–Kier alpha value is -1.48. The summed E-state index contributed by atoms with van der Waals surface area (Å²) < 4.78 is 32.7. The van der Waals surface area contributed by atoms with E-state index in [2.05, 4.69) is 10.0 Å². The summed E-state index contributed by atoms with van der Waals surface area (Å²) in [4.78, 5) is 14.3. The van der Waals surface area contributed by atoms with Crippen LogP contribution in [0.15, 0.2) is 29.2 Å². The molecular weight excluding hydrogens is 342 g/mol. The van der Waals surface area contributed by atoms with E-state index in [1.165, 1.54) is 12.1 Å². The summed E-state index contributed by atoms with van der Waals surface area (Å²) in [7, 11) is -3.55. The fourth-order valence-electron chi connectivity index (χ4n) is 3.13. The quantitative estimate of drug-likeness (QED) is 0.788. The fraction of sp³-hybridized carbons (Fsp3) is 0.588. The van der Waals surface area contributed by atoms with Crippen LogP contribution in [0.5, 0.6) is 0 Å². The summed E-state index contributed by atoms with van der Waals surface area (Å²) in [5.74, 6) is 0.235. The van der Waals surface area contributed by atoms with E-state index in [-0.39, 0.29) is 10.8 Å². The second-order valence-electron chi connectivity index (χ2n) is 6.49. The number of rotatable bonds is 5. The molecule has 3 rings (SSSR count). The summed E-state index contributed by atoms with van der Waals surface area (Å²) in [6.07, 6.45) is 2.10. The Morgan fingerprint density at radius 1 is 1.24 bits per heavy atom. The molecule has 1 unspecified atom stereocenters. The van der Waals surface area contributed by atoms with Crippen molar-refractivity contribution < 1.29 is 17.9 Å². The van der Waals surface area contributed by atoms with Crippen LogP contribution >= 0.6 is 0 Å². The third-order valence-electron chi connectivity index (χ3n) is 4.67. The zero-order chi connectivity index (χ0) is 17.7. The number of piperidine rings is 1. The van der Waals surface area contributed by atoms with Crippen LogP contribution < -0.4 is 10.0 Å². The van der Waals surface area contributed by atoms with Gasteiger partial charge in [-0.25, -0.2) is 13.1 Å². The molecule has 0 bridgehead atoms. The van der Waals surface area contributed by atoms with Crippen molar-refractivity contribution in [3.63, 3.8) is 0 Å². The van der Waals surface area contributed by atoms with Crippen LogP contribution in [0.3, 0.4) is 0 Å². The number of nitrogens with zero attached hydrogens (tertiary/aromatic N) is 1. The van der Waals surface area contributed by atoms with Crippen molar-refractivity contribution >= 4 is 15.9 Å². The first-order valence-corrected chi connectivity index (χ1v) is 10.2. The van der Waals surface area contributed by atoms with Gasteiger partial charge in [-0.05, 0) is 56.1 Å². The van der Waals surface area contributed by atoms with Crippen molar-refractivity contribution in [1.29, 1.82) is 0 Å². The molecule has 1 amide bonds. The van der Waals surface area contributed by atoms with Gasteiger partial charge in [0.25, 0.3) is 5.91 Å². The Balaban J connectivity index is 1.61. The number of carbonyl (C=O) groups is 1. The monoisotopic (exact) mass is 367 g/mol. The summed E-state index contributed by atoms with van der Waals surface area (Å²) >= 11 is 0. The molecule has 2 heterocycles. The highest BCUT2D eigenvalue weighted by molar-refractivity contribution is 7.89. The predicted molar refractivity (Wildman–Crippen MR) is 93.9 cm³/mol. The van der Waals surface area contributed by atoms with Gasteiger partial charge in [-0.2, -0.15) is 0 Å². The van der Waals surface area contributed by atoms with Crippen LogP contribution in [0.25, 0.3) is 0 Å². The van der Waals surface area contributed by atoms with Crippen LogP contribution in [0.4, 0.5) is 0 Å². The number of hydrogen-bond donors (Lipinski definition) is 2. The maximum atomic E-state index is 12.4. The van der Waals surface area contributed by atoms with Crippen LogP contribution in [0, 0.1) is 5.92 Å². The van der Waals surface area contributed by atoms with E-state index in [1.54, 1.807) is 17.0 Å². The molecule has 7 nitrogen and oxygen atoms in total. The Morgan fingerprint density at radius 3 is 2.60 bits per heavy atom. The Bertz CT molecular complexity index is 678. The summed E-state index contributed by atoms with van der Waals surface area (Å²) in [6.45, 7) is 4.49. The maximum absolute atomic E-state index is 12.4. The van der Waals surface area contributed by atoms with Crippen molar-refractivity contribution in [1.82, 2.24) is 14.9 Å². The molecule has 2 aliphatic rings. The molecule has 2 fully saturated rings. The lowest BCUT2D eigenvalue weighted by molar-refractivity contribution is 0.0303. The Morgan fingerprint density at radius 2 is 1.96 bits per heavy atom. The minimum atomic E-state index is -3.55. The third-order valence-corrected chi connectivity index (χ3v) is 6.11. The number of benzene rings is 1. The molecular formula is C17H25N3O4S. The summed E-state index contributed by atoms with van der Waals surface area (Å²) in [5.41, 5.74) is 0.498. The third kappa shape index (κ3) is 4.78. The lowest BCUT2D eigenvalue weighted by atomic mass is 10.0. The first-order chi connectivity index (χ1) is 12.1. The SMILES string of the molecule is O=C(c1ccc(S(=O)(=O)NCC2CCCNC2)cc1)N1CCOCC1. The lowest BCUT2D eigenvalue weighted by Gasteiger charge is -2.26. The summed E-state index contributed by atoms with van der Waals surface area (Å²) in [6, 6.07) is 6.15. The zero-order valence-electron chi connectivity index (χ0n) is 14.2. The molecule has 25 heavy (non-hydrogen) atoms. The Labute approximate surface area is 148 Å². The number of hydrogen-bond acceptors (Lipinski definition) is 5. The van der Waals surface area contributed by atoms with Crippen LogP contribution in [0.1, 0.15) is 23.2 Å². The maximum Gasteiger partial charge on any atom is 0.254 e. The molecule has 0 aliphatic carbocycles. The topological polar surface area (TPSA) is 87.7 Å². The van der Waals surface area contributed by atoms with Crippen molar-refractivity contribution in [3.05, 3.63) is 29.8 Å². The molecule has 2 saturated heterocycles. The van der Waals surface area contributed by atoms with Gasteiger partial charge in [-0.1, -0.05) is 0 Å². The van der Waals surface area contributed by atoms with Gasteiger partial charge in [0.1, 0.15) is 0 Å². The zero-order valence-corrected chi connectivity index (χ0v) is 15.1. The van der Waals surface area contributed by atoms with Crippen molar-refractivity contribution in [2.75, 3.05) is 45.9 Å². The second kappa shape index (κ2) is 8.27. The fourth-order valence-corrected chi connectivity index (χ4v) is 4.25. The van der Waals surface area contributed by atoms with Gasteiger partial charge in [-0.15, -0.1) is 0 Å². The number of carbonyl (C=O) groups excluding carboxylic acids is 1. The predicted octanol–water partition coefficient (Wildman–Crippen LogP) is 0.437. The number of amides is 1. The molecule has 0 spiro atoms. The van der Waals surface area contributed by atoms with E-state index in [1.807, 2.05) is 0 Å². The van der Waals surface area contributed by atoms with Crippen molar-refractivity contribution in [2.45, 2.75) is 17.7 Å². The average molecular weight is 367 g/mol. The second-order valence-corrected chi connectivity index (χ2v) is 8.26. The van der Waals surface area contributed by atoms with Gasteiger partial charge in [0.2, 0.25) is 10.0 Å². The number of nitrogens with one attached hydrogen (secondary N) is 2. The van der Waals surface area contributed by atoms with Gasteiger partial charge >= 0.3 is 0 Å². The lowest BCUT2D eigenvalue weighted by Crippen LogP contribution is -2.40. The van der Waals surface area contributed by atoms with Gasteiger partial charge in [0, 0.05) is 25.2 Å². The first-order valence-electron chi connectivity index (χ1n) is 8.74. The largest absolute Gasteiger partial charge is 0.378 e. The first kappa shape index (κ1) is 18.3. The molecule has 2 N–H and O–H groups in total. The Kier molecular flexibility index (Phi) is 6.06. The van der Waals surface area contributed by atoms with E-state index < -0.39 is 10.0 Å². The molecule has 1 aromatic carbocycles. The van der Waals surface area contributed by atoms with Gasteiger partial charge in [0.05, 0.1) is 18.1 Å². The molecule has 138 valence electrons. The van der Waals surface area contributed by atoms with Crippen molar-refractivity contribution in [2.24, 2.45) is 5.92 Å². The van der Waals surface area contributed by atoms with E-state index in [4.69, 9.17) is 4.74 Å². The van der Waals surface area contributed by atoms with Crippen LogP contribution in [-0.4, -0.2) is 65.2 Å². The minimum absolute atomic E-state index is 0.0894. The highest BCUT2D eigenvalue weighted by atomic mass is 32.2. The molecule has 0 saturated carbocycles.